The summed E-state index contributed by atoms with van der Waals surface area (Å²) in [5.74, 6) is 0. The van der Waals surface area contributed by atoms with Crippen LogP contribution in [-0.2, 0) is 13.0 Å². The van der Waals surface area contributed by atoms with Gasteiger partial charge in [0.05, 0.1) is 6.33 Å². The van der Waals surface area contributed by atoms with Crippen LogP contribution in [0.3, 0.4) is 0 Å². The van der Waals surface area contributed by atoms with Gasteiger partial charge in [-0.1, -0.05) is 24.3 Å². The summed E-state index contributed by atoms with van der Waals surface area (Å²) in [5, 5.41) is 5.90. The Bertz CT molecular complexity index is 641. The lowest BCUT2D eigenvalue weighted by molar-refractivity contribution is 0.682. The molecule has 0 aliphatic rings. The van der Waals surface area contributed by atoms with Gasteiger partial charge in [0, 0.05) is 49.2 Å². The summed E-state index contributed by atoms with van der Waals surface area (Å²) < 4.78 is 0. The third-order valence-electron chi connectivity index (χ3n) is 3.19. The van der Waals surface area contributed by atoms with Gasteiger partial charge in [0.1, 0.15) is 0 Å². The Labute approximate surface area is 111 Å². The highest BCUT2D eigenvalue weighted by atomic mass is 14.9. The number of imidazole rings is 1. The number of fused-ring (bicyclic) bond motifs is 1. The fourth-order valence-electron chi connectivity index (χ4n) is 2.19. The van der Waals surface area contributed by atoms with Crippen LogP contribution in [0.1, 0.15) is 11.3 Å². The van der Waals surface area contributed by atoms with Gasteiger partial charge in [-0.2, -0.15) is 0 Å². The van der Waals surface area contributed by atoms with Crippen molar-refractivity contribution in [2.45, 2.75) is 13.0 Å². The summed E-state index contributed by atoms with van der Waals surface area (Å²) in [6.45, 7) is 1.76. The number of hydrogen-bond acceptors (Lipinski definition) is 3. The Morgan fingerprint density at radius 2 is 2.00 bits per heavy atom. The number of nitrogens with zero attached hydrogens (tertiary/aromatic N) is 2. The van der Waals surface area contributed by atoms with E-state index in [1.54, 1.807) is 6.33 Å². The van der Waals surface area contributed by atoms with Gasteiger partial charge >= 0.3 is 0 Å². The summed E-state index contributed by atoms with van der Waals surface area (Å²) in [4.78, 5) is 11.4. The Hall–Kier alpha value is -2.20. The number of hydrogen-bond donors (Lipinski definition) is 2. The van der Waals surface area contributed by atoms with Crippen LogP contribution < -0.4 is 5.32 Å². The average molecular weight is 252 g/mol. The summed E-state index contributed by atoms with van der Waals surface area (Å²) >= 11 is 0. The molecule has 0 saturated carbocycles. The highest BCUT2D eigenvalue weighted by Gasteiger charge is 2.00. The Morgan fingerprint density at radius 3 is 2.89 bits per heavy atom. The molecule has 96 valence electrons. The topological polar surface area (TPSA) is 53.6 Å². The molecule has 4 heteroatoms. The molecule has 3 rings (SSSR count). The zero-order valence-corrected chi connectivity index (χ0v) is 10.6. The van der Waals surface area contributed by atoms with Crippen LogP contribution in [0.25, 0.3) is 10.8 Å². The fourth-order valence-corrected chi connectivity index (χ4v) is 2.19. The highest BCUT2D eigenvalue weighted by Crippen LogP contribution is 2.16. The molecule has 2 heterocycles. The predicted molar refractivity (Wildman–Crippen MR) is 75.7 cm³/mol. The molecule has 0 bridgehead atoms. The number of nitrogens with one attached hydrogen (secondary N) is 2. The number of pyridine rings is 1. The van der Waals surface area contributed by atoms with E-state index in [1.807, 2.05) is 24.7 Å². The lowest BCUT2D eigenvalue weighted by atomic mass is 10.1. The number of aromatic nitrogens is 3. The zero-order chi connectivity index (χ0) is 12.9. The van der Waals surface area contributed by atoms with Crippen molar-refractivity contribution in [3.8, 4) is 0 Å². The molecule has 2 N–H and O–H groups in total. The van der Waals surface area contributed by atoms with Gasteiger partial charge in [-0.3, -0.25) is 4.98 Å². The van der Waals surface area contributed by atoms with E-state index in [4.69, 9.17) is 0 Å². The molecule has 0 fully saturated rings. The van der Waals surface area contributed by atoms with E-state index in [0.717, 1.165) is 25.2 Å². The van der Waals surface area contributed by atoms with Gasteiger partial charge in [0.25, 0.3) is 0 Å². The molecular formula is C15H16N4. The summed E-state index contributed by atoms with van der Waals surface area (Å²) in [7, 11) is 0. The number of benzene rings is 1. The first-order valence-corrected chi connectivity index (χ1v) is 6.43. The minimum Gasteiger partial charge on any atom is -0.348 e. The summed E-state index contributed by atoms with van der Waals surface area (Å²) in [5.41, 5.74) is 2.39. The zero-order valence-electron chi connectivity index (χ0n) is 10.6. The number of rotatable bonds is 5. The van der Waals surface area contributed by atoms with Crippen LogP contribution in [0.5, 0.6) is 0 Å². The van der Waals surface area contributed by atoms with Gasteiger partial charge in [-0.15, -0.1) is 0 Å². The molecule has 1 aromatic carbocycles. The van der Waals surface area contributed by atoms with E-state index in [2.05, 4.69) is 38.5 Å². The molecule has 0 spiro atoms. The largest absolute Gasteiger partial charge is 0.348 e. The first kappa shape index (κ1) is 11.9. The Morgan fingerprint density at radius 1 is 1.05 bits per heavy atom. The molecule has 0 aliphatic heterocycles. The van der Waals surface area contributed by atoms with Gasteiger partial charge in [0.2, 0.25) is 0 Å². The molecule has 0 unspecified atom stereocenters. The maximum atomic E-state index is 4.29. The molecule has 0 aliphatic carbocycles. The minimum absolute atomic E-state index is 0.836. The van der Waals surface area contributed by atoms with E-state index in [0.29, 0.717) is 0 Å². The third kappa shape index (κ3) is 2.80. The fraction of sp³-hybridized carbons (Fsp3) is 0.200. The maximum Gasteiger partial charge on any atom is 0.0921 e. The molecule has 2 aromatic heterocycles. The Balaban J connectivity index is 1.62. The van der Waals surface area contributed by atoms with E-state index >= 15 is 0 Å². The highest BCUT2D eigenvalue weighted by molar-refractivity contribution is 5.84. The van der Waals surface area contributed by atoms with Crippen molar-refractivity contribution in [2.75, 3.05) is 6.54 Å². The SMILES string of the molecule is c1ccc2c(CNCCc3cnc[nH]3)cncc2c1. The lowest BCUT2D eigenvalue weighted by Crippen LogP contribution is -2.17. The molecule has 0 radical (unpaired) electrons. The Kier molecular flexibility index (Phi) is 3.51. The molecule has 0 amide bonds. The number of aromatic amines is 1. The molecule has 4 nitrogen and oxygen atoms in total. The summed E-state index contributed by atoms with van der Waals surface area (Å²) in [6.07, 6.45) is 8.37. The average Bonchev–Trinajstić information content (AvgIpc) is 2.97. The first-order chi connectivity index (χ1) is 9.43. The van der Waals surface area contributed by atoms with Crippen molar-refractivity contribution in [1.29, 1.82) is 0 Å². The molecule has 19 heavy (non-hydrogen) atoms. The van der Waals surface area contributed by atoms with Crippen molar-refractivity contribution in [3.63, 3.8) is 0 Å². The second-order valence-corrected chi connectivity index (χ2v) is 4.52. The van der Waals surface area contributed by atoms with Gasteiger partial charge in [0.15, 0.2) is 0 Å². The maximum absolute atomic E-state index is 4.29. The first-order valence-electron chi connectivity index (χ1n) is 6.43. The predicted octanol–water partition coefficient (Wildman–Crippen LogP) is 2.29. The van der Waals surface area contributed by atoms with Crippen molar-refractivity contribution < 1.29 is 0 Å². The molecule has 0 saturated heterocycles. The quantitative estimate of drug-likeness (QED) is 0.685. The van der Waals surface area contributed by atoms with Crippen molar-refractivity contribution in [2.24, 2.45) is 0 Å². The van der Waals surface area contributed by atoms with Crippen LogP contribution in [0.4, 0.5) is 0 Å². The second kappa shape index (κ2) is 5.63. The second-order valence-electron chi connectivity index (χ2n) is 4.52. The van der Waals surface area contributed by atoms with Crippen molar-refractivity contribution >= 4 is 10.8 Å². The standard InChI is InChI=1S/C15H16N4/c1-2-4-15-12(3-1)7-17-9-13(15)8-16-6-5-14-10-18-11-19-14/h1-4,7,9-11,16H,5-6,8H2,(H,18,19). The molecule has 3 aromatic rings. The van der Waals surface area contributed by atoms with Gasteiger partial charge in [-0.25, -0.2) is 4.98 Å². The lowest BCUT2D eigenvalue weighted by Gasteiger charge is -2.07. The van der Waals surface area contributed by atoms with Crippen molar-refractivity contribution in [1.82, 2.24) is 20.3 Å². The van der Waals surface area contributed by atoms with E-state index < -0.39 is 0 Å². The minimum atomic E-state index is 0.836. The van der Waals surface area contributed by atoms with Crippen LogP contribution in [-0.4, -0.2) is 21.5 Å². The van der Waals surface area contributed by atoms with Crippen LogP contribution in [0.2, 0.25) is 0 Å². The van der Waals surface area contributed by atoms with E-state index in [9.17, 15) is 0 Å². The normalized spacial score (nSPS) is 10.9. The van der Waals surface area contributed by atoms with E-state index in [-0.39, 0.29) is 0 Å². The molecular weight excluding hydrogens is 236 g/mol. The smallest absolute Gasteiger partial charge is 0.0921 e. The molecule has 0 atom stereocenters. The van der Waals surface area contributed by atoms with Crippen LogP contribution >= 0.6 is 0 Å². The van der Waals surface area contributed by atoms with Crippen LogP contribution in [0, 0.1) is 0 Å². The van der Waals surface area contributed by atoms with Crippen LogP contribution in [0.15, 0.2) is 49.2 Å². The van der Waals surface area contributed by atoms with Gasteiger partial charge in [-0.05, 0) is 10.9 Å². The number of H-pyrrole nitrogens is 1. The third-order valence-corrected chi connectivity index (χ3v) is 3.19. The van der Waals surface area contributed by atoms with Crippen molar-refractivity contribution in [3.05, 3.63) is 60.4 Å². The summed E-state index contributed by atoms with van der Waals surface area (Å²) in [6, 6.07) is 8.34. The monoisotopic (exact) mass is 252 g/mol. The van der Waals surface area contributed by atoms with E-state index in [1.165, 1.54) is 16.3 Å². The van der Waals surface area contributed by atoms with Gasteiger partial charge < -0.3 is 10.3 Å².